The Morgan fingerprint density at radius 1 is 0.365 bits per heavy atom. The lowest BCUT2D eigenvalue weighted by molar-refractivity contribution is 0.0957. The second-order valence-corrected chi connectivity index (χ2v) is 21.2. The van der Waals surface area contributed by atoms with E-state index in [1.54, 1.807) is 25.0 Å². The van der Waals surface area contributed by atoms with Gasteiger partial charge in [-0.15, -0.1) is 0 Å². The summed E-state index contributed by atoms with van der Waals surface area (Å²) in [5.41, 5.74) is 21.8. The number of para-hydroxylation sites is 1. The van der Waals surface area contributed by atoms with Gasteiger partial charge < -0.3 is 34.5 Å². The summed E-state index contributed by atoms with van der Waals surface area (Å²) in [6, 6.07) is 53.7. The van der Waals surface area contributed by atoms with E-state index in [1.165, 1.54) is 44.0 Å². The average Bonchev–Trinajstić information content (AvgIpc) is 4.43. The highest BCUT2D eigenvalue weighted by Crippen LogP contribution is 2.23. The molecule has 0 unspecified atom stereocenters. The first-order valence-corrected chi connectivity index (χ1v) is 28.0. The Morgan fingerprint density at radius 2 is 0.918 bits per heavy atom. The number of fused-ring (bicyclic) bond motifs is 8. The highest BCUT2D eigenvalue weighted by Gasteiger charge is 2.22. The van der Waals surface area contributed by atoms with Gasteiger partial charge >= 0.3 is 0 Å². The largest absolute Gasteiger partial charge is 0.464 e. The molecule has 0 aliphatic carbocycles. The number of nitrogens with zero attached hydrogens (tertiary/aromatic N) is 1. The Bertz CT molecular complexity index is 4220. The normalized spacial score (nSPS) is 13.0. The van der Waals surface area contributed by atoms with Gasteiger partial charge in [-0.25, -0.2) is 4.99 Å². The van der Waals surface area contributed by atoms with Gasteiger partial charge in [0.1, 0.15) is 16.7 Å². The molecule has 3 aromatic heterocycles. The van der Waals surface area contributed by atoms with Gasteiger partial charge in [-0.2, -0.15) is 0 Å². The molecule has 4 N–H and O–H groups in total. The molecule has 0 spiro atoms. The molecule has 428 valence electrons. The van der Waals surface area contributed by atoms with Crippen molar-refractivity contribution in [2.45, 2.75) is 81.6 Å². The summed E-state index contributed by atoms with van der Waals surface area (Å²) >= 11 is 0. The minimum absolute atomic E-state index is 0.0556. The molecular formula is C72H67N5O8. The predicted octanol–water partition coefficient (Wildman–Crippen LogP) is 14.7. The average molecular weight is 1130 g/mol. The van der Waals surface area contributed by atoms with E-state index < -0.39 is 0 Å². The summed E-state index contributed by atoms with van der Waals surface area (Å²) in [6.45, 7) is 18.9. The molecule has 0 fully saturated rings. The summed E-state index contributed by atoms with van der Waals surface area (Å²) in [6.07, 6.45) is 6.76. The molecule has 11 aromatic rings. The third kappa shape index (κ3) is 14.6. The van der Waals surface area contributed by atoms with Crippen molar-refractivity contribution in [3.05, 3.63) is 283 Å². The van der Waals surface area contributed by atoms with Crippen LogP contribution in [0.1, 0.15) is 124 Å². The fourth-order valence-electron chi connectivity index (χ4n) is 10.1. The molecule has 0 saturated carbocycles. The summed E-state index contributed by atoms with van der Waals surface area (Å²) in [4.78, 5) is 59.2. The summed E-state index contributed by atoms with van der Waals surface area (Å²) in [5, 5.41) is 14.7. The lowest BCUT2D eigenvalue weighted by Crippen LogP contribution is -2.13. The van der Waals surface area contributed by atoms with E-state index in [4.69, 9.17) is 13.3 Å². The van der Waals surface area contributed by atoms with E-state index in [0.717, 1.165) is 89.1 Å². The molecule has 0 bridgehead atoms. The number of amides is 5. The minimum Gasteiger partial charge on any atom is -0.464 e. The van der Waals surface area contributed by atoms with Crippen molar-refractivity contribution < 1.29 is 37.2 Å². The number of aryl methyl sites for hydroxylation is 8. The fraction of sp³-hybridized carbons (Fsp3) is 0.167. The highest BCUT2D eigenvalue weighted by atomic mass is 16.3. The van der Waals surface area contributed by atoms with Gasteiger partial charge in [-0.3, -0.25) is 24.0 Å². The second-order valence-electron chi connectivity index (χ2n) is 21.2. The maximum Gasteiger partial charge on any atom is 0.277 e. The van der Waals surface area contributed by atoms with Gasteiger partial charge in [-0.1, -0.05) is 126 Å². The molecule has 13 nitrogen and oxygen atoms in total. The van der Waals surface area contributed by atoms with Gasteiger partial charge in [0, 0.05) is 76.4 Å². The topological polar surface area (TPSA) is 185 Å². The van der Waals surface area contributed by atoms with Crippen LogP contribution in [0.25, 0.3) is 32.9 Å². The van der Waals surface area contributed by atoms with Crippen LogP contribution in [0.5, 0.6) is 0 Å². The highest BCUT2D eigenvalue weighted by molar-refractivity contribution is 6.13. The van der Waals surface area contributed by atoms with E-state index in [9.17, 15) is 24.0 Å². The molecule has 16 rings (SSSR count). The number of hydrogen-bond acceptors (Lipinski definition) is 8. The number of furan rings is 3. The van der Waals surface area contributed by atoms with Crippen LogP contribution >= 0.6 is 0 Å². The van der Waals surface area contributed by atoms with E-state index in [2.05, 4.69) is 58.3 Å². The zero-order chi connectivity index (χ0) is 60.1. The van der Waals surface area contributed by atoms with Crippen LogP contribution in [-0.2, 0) is 26.2 Å². The molecule has 5 amide bonds. The Labute approximate surface area is 494 Å². The minimum atomic E-state index is -0.113. The molecule has 8 aromatic carbocycles. The van der Waals surface area contributed by atoms with E-state index in [0.29, 0.717) is 26.2 Å². The first-order chi connectivity index (χ1) is 41.0. The first kappa shape index (κ1) is 59.2. The predicted molar refractivity (Wildman–Crippen MR) is 335 cm³/mol. The van der Waals surface area contributed by atoms with Crippen LogP contribution in [0.4, 0.5) is 0 Å². The number of carbonyl (C=O) groups excluding carboxylic acids is 5. The zero-order valence-corrected chi connectivity index (χ0v) is 48.9. The molecule has 8 heterocycles. The van der Waals surface area contributed by atoms with Crippen LogP contribution in [0.2, 0.25) is 0 Å². The van der Waals surface area contributed by atoms with Gasteiger partial charge in [0.05, 0.1) is 24.4 Å². The SMILES string of the molecule is Cc1ccc2c(c1)C(=O)NC2.Cc1ccc2c(c1)CNC2=O.Cc1ccc2ccoc2c1.Cc1ccc2occc2c1.Cc1cccc2c1C(=O)N=C2.Cc1cccc2c1C(=O)NC2.Cc1cccc2c1CNC2=O.Cc1cccc2ccoc12. The summed E-state index contributed by atoms with van der Waals surface area (Å²) in [7, 11) is 0. The molecule has 0 saturated heterocycles. The van der Waals surface area contributed by atoms with Crippen molar-refractivity contribution in [1.29, 1.82) is 0 Å². The van der Waals surface area contributed by atoms with E-state index >= 15 is 0 Å². The molecule has 13 heteroatoms. The Balaban J connectivity index is 0.000000116. The van der Waals surface area contributed by atoms with Crippen molar-refractivity contribution in [2.75, 3.05) is 0 Å². The standard InChI is InChI=1S/4C9H9NO.C9H7NO.3C9H8O/c1-6-2-3-8-7(4-6)5-10-9(8)11;1-6-2-3-7-5-10-9(11)8(7)4-6;1-6-3-2-4-7-8(6)5-10-9(7)11;2*1-6-3-2-4-7-5-10-9(11)8(6)7;1-7-2-3-9-8(6-7)4-5-10-9;1-7-2-3-8-4-5-10-9(8)6-7;1-7-3-2-4-8-5-6-10-9(7)8/h4*2-4H,5H2,1H3,(H,10,11);2-5H,1H3;3*2-6H,1H3. The lowest BCUT2D eigenvalue weighted by Gasteiger charge is -1.97. The number of rotatable bonds is 0. The maximum atomic E-state index is 11.2. The molecule has 5 aliphatic rings. The number of aliphatic imine (C=N–C) groups is 1. The number of benzene rings is 8. The number of nitrogens with one attached hydrogen (secondary N) is 4. The first-order valence-electron chi connectivity index (χ1n) is 28.0. The van der Waals surface area contributed by atoms with Crippen molar-refractivity contribution in [3.8, 4) is 0 Å². The Hall–Kier alpha value is -10.4. The van der Waals surface area contributed by atoms with Crippen LogP contribution in [0, 0.1) is 55.4 Å². The van der Waals surface area contributed by atoms with Crippen molar-refractivity contribution in [1.82, 2.24) is 21.3 Å². The second kappa shape index (κ2) is 27.1. The number of carbonyl (C=O) groups is 5. The van der Waals surface area contributed by atoms with Crippen molar-refractivity contribution in [3.63, 3.8) is 0 Å². The van der Waals surface area contributed by atoms with Crippen LogP contribution in [0.3, 0.4) is 0 Å². The molecule has 85 heavy (non-hydrogen) atoms. The molecular weight excluding hydrogens is 1060 g/mol. The van der Waals surface area contributed by atoms with Gasteiger partial charge in [0.25, 0.3) is 29.5 Å². The zero-order valence-electron chi connectivity index (χ0n) is 48.9. The molecule has 0 radical (unpaired) electrons. The Kier molecular flexibility index (Phi) is 18.9. The van der Waals surface area contributed by atoms with Gasteiger partial charge in [0.15, 0.2) is 0 Å². The summed E-state index contributed by atoms with van der Waals surface area (Å²) < 4.78 is 15.6. The third-order valence-corrected chi connectivity index (χ3v) is 14.7. The smallest absolute Gasteiger partial charge is 0.277 e. The summed E-state index contributed by atoms with van der Waals surface area (Å²) in [5.74, 6) is 0.128. The van der Waals surface area contributed by atoms with Crippen LogP contribution < -0.4 is 21.3 Å². The van der Waals surface area contributed by atoms with Crippen LogP contribution in [0.15, 0.2) is 201 Å². The number of hydrogen-bond donors (Lipinski definition) is 4. The monoisotopic (exact) mass is 1130 g/mol. The van der Waals surface area contributed by atoms with E-state index in [1.807, 2.05) is 187 Å². The maximum absolute atomic E-state index is 11.2. The van der Waals surface area contributed by atoms with E-state index in [-0.39, 0.29) is 29.5 Å². The third-order valence-electron chi connectivity index (χ3n) is 14.7. The fourth-order valence-corrected chi connectivity index (χ4v) is 10.1. The van der Waals surface area contributed by atoms with Gasteiger partial charge in [0.2, 0.25) is 0 Å². The Morgan fingerprint density at radius 3 is 1.68 bits per heavy atom. The van der Waals surface area contributed by atoms with Crippen molar-refractivity contribution in [2.24, 2.45) is 4.99 Å². The van der Waals surface area contributed by atoms with Gasteiger partial charge in [-0.05, 0) is 160 Å². The lowest BCUT2D eigenvalue weighted by atomic mass is 10.0. The van der Waals surface area contributed by atoms with Crippen molar-refractivity contribution >= 4 is 68.7 Å². The quantitative estimate of drug-likeness (QED) is 0.116. The molecule has 0 atom stereocenters. The van der Waals surface area contributed by atoms with Crippen LogP contribution in [-0.4, -0.2) is 35.8 Å². The molecule has 5 aliphatic heterocycles.